The van der Waals surface area contributed by atoms with Crippen molar-refractivity contribution in [2.45, 2.75) is 0 Å². The number of nitrogens with two attached hydrogens (primary N) is 1. The topological polar surface area (TPSA) is 47.3 Å². The lowest BCUT2D eigenvalue weighted by Gasteiger charge is -2.10. The molecule has 0 aliphatic carbocycles. The molecule has 18 heavy (non-hydrogen) atoms. The number of nitrogen functional groups attached to an aromatic ring is 1. The fourth-order valence-corrected chi connectivity index (χ4v) is 1.56. The van der Waals surface area contributed by atoms with E-state index in [4.69, 9.17) is 10.5 Å². The van der Waals surface area contributed by atoms with Crippen molar-refractivity contribution in [2.24, 2.45) is 0 Å². The van der Waals surface area contributed by atoms with Gasteiger partial charge in [-0.2, -0.15) is 0 Å². The van der Waals surface area contributed by atoms with Crippen LogP contribution in [0.3, 0.4) is 0 Å². The van der Waals surface area contributed by atoms with E-state index >= 15 is 0 Å². The number of methoxy groups -OCH3 is 1. The minimum absolute atomic E-state index is 0.0441. The summed E-state index contributed by atoms with van der Waals surface area (Å²) in [7, 11) is 1.50. The quantitative estimate of drug-likeness (QED) is 0.822. The largest absolute Gasteiger partial charge is 0.497 e. The van der Waals surface area contributed by atoms with E-state index in [1.54, 1.807) is 18.2 Å². The molecule has 0 fully saturated rings. The van der Waals surface area contributed by atoms with Gasteiger partial charge in [-0.3, -0.25) is 0 Å². The van der Waals surface area contributed by atoms with Gasteiger partial charge >= 0.3 is 0 Å². The van der Waals surface area contributed by atoms with Crippen LogP contribution in [0.2, 0.25) is 0 Å². The third-order valence-electron chi connectivity index (χ3n) is 2.37. The van der Waals surface area contributed by atoms with E-state index < -0.39 is 11.6 Å². The van der Waals surface area contributed by atoms with Crippen LogP contribution < -0.4 is 15.8 Å². The summed E-state index contributed by atoms with van der Waals surface area (Å²) in [6.07, 6.45) is 0. The van der Waals surface area contributed by atoms with Gasteiger partial charge in [0.15, 0.2) is 0 Å². The summed E-state index contributed by atoms with van der Waals surface area (Å²) in [6, 6.07) is 8.06. The van der Waals surface area contributed by atoms with Gasteiger partial charge in [0.1, 0.15) is 17.4 Å². The predicted octanol–water partition coefficient (Wildman–Crippen LogP) is 3.30. The first-order valence-electron chi connectivity index (χ1n) is 5.25. The van der Waals surface area contributed by atoms with Gasteiger partial charge in [-0.1, -0.05) is 0 Å². The molecule has 94 valence electrons. The SMILES string of the molecule is COc1cc(N)cc(Nc2cc(F)ccc2F)c1. The molecule has 2 aromatic rings. The second-order valence-electron chi connectivity index (χ2n) is 3.74. The van der Waals surface area contributed by atoms with Crippen LogP contribution in [0, 0.1) is 11.6 Å². The average molecular weight is 250 g/mol. The maximum absolute atomic E-state index is 13.4. The van der Waals surface area contributed by atoms with Gasteiger partial charge in [-0.15, -0.1) is 0 Å². The Hall–Kier alpha value is -2.30. The Labute approximate surface area is 103 Å². The first kappa shape index (κ1) is 12.2. The number of anilines is 3. The van der Waals surface area contributed by atoms with Gasteiger partial charge in [0.25, 0.3) is 0 Å². The summed E-state index contributed by atoms with van der Waals surface area (Å²) < 4.78 is 31.5. The van der Waals surface area contributed by atoms with Crippen molar-refractivity contribution in [2.75, 3.05) is 18.2 Å². The number of rotatable bonds is 3. The molecule has 0 unspecified atom stereocenters. The third-order valence-corrected chi connectivity index (χ3v) is 2.37. The number of hydrogen-bond acceptors (Lipinski definition) is 3. The molecule has 5 heteroatoms. The average Bonchev–Trinajstić information content (AvgIpc) is 2.33. The summed E-state index contributed by atoms with van der Waals surface area (Å²) in [5.41, 5.74) is 6.70. The number of benzene rings is 2. The van der Waals surface area contributed by atoms with Gasteiger partial charge < -0.3 is 15.8 Å². The molecule has 0 spiro atoms. The van der Waals surface area contributed by atoms with Crippen LogP contribution in [0.5, 0.6) is 5.75 Å². The Morgan fingerprint density at radius 3 is 2.61 bits per heavy atom. The molecule has 0 saturated carbocycles. The Morgan fingerprint density at radius 1 is 1.11 bits per heavy atom. The zero-order valence-corrected chi connectivity index (χ0v) is 9.71. The molecule has 0 heterocycles. The van der Waals surface area contributed by atoms with Crippen LogP contribution >= 0.6 is 0 Å². The van der Waals surface area contributed by atoms with Gasteiger partial charge in [0.2, 0.25) is 0 Å². The molecular weight excluding hydrogens is 238 g/mol. The predicted molar refractivity (Wildman–Crippen MR) is 67.0 cm³/mol. The lowest BCUT2D eigenvalue weighted by Crippen LogP contribution is -1.97. The maximum Gasteiger partial charge on any atom is 0.146 e. The summed E-state index contributed by atoms with van der Waals surface area (Å²) in [6.45, 7) is 0. The number of halogens is 2. The molecule has 0 aliphatic heterocycles. The van der Waals surface area contributed by atoms with E-state index in [1.165, 1.54) is 7.11 Å². The van der Waals surface area contributed by atoms with E-state index in [-0.39, 0.29) is 5.69 Å². The highest BCUT2D eigenvalue weighted by Gasteiger charge is 2.05. The highest BCUT2D eigenvalue weighted by molar-refractivity contribution is 5.66. The summed E-state index contributed by atoms with van der Waals surface area (Å²) in [5, 5.41) is 2.75. The molecular formula is C13H12F2N2O. The zero-order chi connectivity index (χ0) is 13.1. The standard InChI is InChI=1S/C13H12F2N2O/c1-18-11-6-9(16)5-10(7-11)17-13-4-8(14)2-3-12(13)15/h2-7,17H,16H2,1H3. The molecule has 0 radical (unpaired) electrons. The van der Waals surface area contributed by atoms with Gasteiger partial charge in [0, 0.05) is 29.6 Å². The minimum Gasteiger partial charge on any atom is -0.497 e. The summed E-state index contributed by atoms with van der Waals surface area (Å²) in [5.74, 6) is -0.526. The molecule has 3 N–H and O–H groups in total. The first-order chi connectivity index (χ1) is 8.58. The van der Waals surface area contributed by atoms with E-state index in [9.17, 15) is 8.78 Å². The fraction of sp³-hybridized carbons (Fsp3) is 0.0769. The van der Waals surface area contributed by atoms with E-state index in [1.807, 2.05) is 0 Å². The van der Waals surface area contributed by atoms with Crippen LogP contribution in [0.25, 0.3) is 0 Å². The zero-order valence-electron chi connectivity index (χ0n) is 9.71. The molecule has 2 rings (SSSR count). The monoisotopic (exact) mass is 250 g/mol. The number of hydrogen-bond donors (Lipinski definition) is 2. The van der Waals surface area contributed by atoms with Crippen molar-refractivity contribution in [1.29, 1.82) is 0 Å². The molecule has 3 nitrogen and oxygen atoms in total. The Morgan fingerprint density at radius 2 is 1.89 bits per heavy atom. The highest BCUT2D eigenvalue weighted by Crippen LogP contribution is 2.26. The molecule has 0 bridgehead atoms. The molecule has 0 amide bonds. The molecule has 2 aromatic carbocycles. The third kappa shape index (κ3) is 2.68. The smallest absolute Gasteiger partial charge is 0.146 e. The molecule has 0 aliphatic rings. The second kappa shape index (κ2) is 4.91. The van der Waals surface area contributed by atoms with Crippen molar-refractivity contribution in [3.05, 3.63) is 48.0 Å². The van der Waals surface area contributed by atoms with Crippen LogP contribution in [0.4, 0.5) is 25.8 Å². The molecule has 0 atom stereocenters. The molecule has 0 saturated heterocycles. The van der Waals surface area contributed by atoms with E-state index in [2.05, 4.69) is 5.32 Å². The molecule has 0 aromatic heterocycles. The van der Waals surface area contributed by atoms with Crippen molar-refractivity contribution in [3.8, 4) is 5.75 Å². The first-order valence-corrected chi connectivity index (χ1v) is 5.25. The lowest BCUT2D eigenvalue weighted by atomic mass is 10.2. The number of ether oxygens (including phenoxy) is 1. The Bertz CT molecular complexity index is 573. The van der Waals surface area contributed by atoms with Gasteiger partial charge in [-0.05, 0) is 18.2 Å². The van der Waals surface area contributed by atoms with Crippen molar-refractivity contribution < 1.29 is 13.5 Å². The van der Waals surface area contributed by atoms with Crippen LogP contribution in [0.1, 0.15) is 0 Å². The van der Waals surface area contributed by atoms with Crippen molar-refractivity contribution >= 4 is 17.1 Å². The summed E-state index contributed by atoms with van der Waals surface area (Å²) >= 11 is 0. The van der Waals surface area contributed by atoms with Crippen LogP contribution in [0.15, 0.2) is 36.4 Å². The Balaban J connectivity index is 2.33. The minimum atomic E-state index is -0.544. The second-order valence-corrected chi connectivity index (χ2v) is 3.74. The normalized spacial score (nSPS) is 10.2. The Kier molecular flexibility index (Phi) is 3.32. The van der Waals surface area contributed by atoms with Gasteiger partial charge in [0.05, 0.1) is 12.8 Å². The van der Waals surface area contributed by atoms with Gasteiger partial charge in [-0.25, -0.2) is 8.78 Å². The van der Waals surface area contributed by atoms with Crippen LogP contribution in [-0.2, 0) is 0 Å². The van der Waals surface area contributed by atoms with Crippen molar-refractivity contribution in [1.82, 2.24) is 0 Å². The highest BCUT2D eigenvalue weighted by atomic mass is 19.1. The van der Waals surface area contributed by atoms with Crippen molar-refractivity contribution in [3.63, 3.8) is 0 Å². The fourth-order valence-electron chi connectivity index (χ4n) is 1.56. The lowest BCUT2D eigenvalue weighted by molar-refractivity contribution is 0.415. The summed E-state index contributed by atoms with van der Waals surface area (Å²) in [4.78, 5) is 0. The van der Waals surface area contributed by atoms with Crippen LogP contribution in [-0.4, -0.2) is 7.11 Å². The maximum atomic E-state index is 13.4. The van der Waals surface area contributed by atoms with E-state index in [0.29, 0.717) is 17.1 Å². The van der Waals surface area contributed by atoms with E-state index in [0.717, 1.165) is 18.2 Å². The number of nitrogens with one attached hydrogen (secondary N) is 1.